The first kappa shape index (κ1) is 18.2. The molecular weight excluding hydrogens is 284 g/mol. The van der Waals surface area contributed by atoms with Crippen molar-refractivity contribution in [3.05, 3.63) is 24.0 Å². The second-order valence-electron chi connectivity index (χ2n) is 5.95. The summed E-state index contributed by atoms with van der Waals surface area (Å²) in [4.78, 5) is 0. The molecule has 0 aromatic carbocycles. The average Bonchev–Trinajstić information content (AvgIpc) is 2.87. The van der Waals surface area contributed by atoms with E-state index >= 15 is 0 Å². The lowest BCUT2D eigenvalue weighted by molar-refractivity contribution is 0.412. The number of nitrogens with one attached hydrogen (secondary N) is 1. The predicted molar refractivity (Wildman–Crippen MR) is 89.2 cm³/mol. The highest BCUT2D eigenvalue weighted by atomic mass is 32.2. The van der Waals surface area contributed by atoms with Gasteiger partial charge < -0.3 is 9.88 Å². The summed E-state index contributed by atoms with van der Waals surface area (Å²) in [7, 11) is -2.85. The Hall–Kier alpha value is -0.810. The van der Waals surface area contributed by atoms with E-state index in [0.717, 1.165) is 19.5 Å². The molecule has 0 aliphatic rings. The molecule has 0 fully saturated rings. The Morgan fingerprint density at radius 1 is 1.29 bits per heavy atom. The van der Waals surface area contributed by atoms with Gasteiger partial charge in [-0.15, -0.1) is 0 Å². The molecule has 0 aliphatic heterocycles. The standard InChI is InChI=1S/C16H30N2O2S/c1-5-9-17-16(14(3)4)15-8-11-18(13-15)10-7-12-21(19,20)6-2/h8,11,13-14,16-17H,5-7,9-10,12H2,1-4H3. The van der Waals surface area contributed by atoms with Gasteiger partial charge in [-0.1, -0.05) is 27.7 Å². The monoisotopic (exact) mass is 314 g/mol. The zero-order valence-electron chi connectivity index (χ0n) is 13.8. The van der Waals surface area contributed by atoms with Crippen LogP contribution < -0.4 is 5.32 Å². The summed E-state index contributed by atoms with van der Waals surface area (Å²) in [5.74, 6) is 1.05. The molecule has 0 aliphatic carbocycles. The smallest absolute Gasteiger partial charge is 0.150 e. The van der Waals surface area contributed by atoms with Gasteiger partial charge in [-0.2, -0.15) is 0 Å². The van der Waals surface area contributed by atoms with Crippen LogP contribution in [0.2, 0.25) is 0 Å². The number of nitrogens with zero attached hydrogens (tertiary/aromatic N) is 1. The van der Waals surface area contributed by atoms with Crippen molar-refractivity contribution in [2.45, 2.75) is 53.1 Å². The Balaban J connectivity index is 2.58. The van der Waals surface area contributed by atoms with Gasteiger partial charge in [0, 0.05) is 30.7 Å². The van der Waals surface area contributed by atoms with Crippen molar-refractivity contribution in [2.24, 2.45) is 5.92 Å². The second-order valence-corrected chi connectivity index (χ2v) is 8.42. The molecule has 0 amide bonds. The first-order valence-corrected chi connectivity index (χ1v) is 9.81. The minimum atomic E-state index is -2.85. The van der Waals surface area contributed by atoms with Gasteiger partial charge in [0.05, 0.1) is 5.75 Å². The van der Waals surface area contributed by atoms with Crippen molar-refractivity contribution in [3.63, 3.8) is 0 Å². The quantitative estimate of drug-likeness (QED) is 0.722. The van der Waals surface area contributed by atoms with Crippen LogP contribution in [0.15, 0.2) is 18.5 Å². The highest BCUT2D eigenvalue weighted by molar-refractivity contribution is 7.91. The SMILES string of the molecule is CCCNC(c1ccn(CCCS(=O)(=O)CC)c1)C(C)C. The van der Waals surface area contributed by atoms with Gasteiger partial charge in [-0.05, 0) is 36.9 Å². The molecule has 1 aromatic rings. The molecule has 5 heteroatoms. The third kappa shape index (κ3) is 6.22. The molecule has 1 heterocycles. The zero-order chi connectivity index (χ0) is 15.9. The molecule has 4 nitrogen and oxygen atoms in total. The van der Waals surface area contributed by atoms with Crippen molar-refractivity contribution in [1.29, 1.82) is 0 Å². The van der Waals surface area contributed by atoms with Gasteiger partial charge in [0.15, 0.2) is 0 Å². The first-order valence-electron chi connectivity index (χ1n) is 7.99. The van der Waals surface area contributed by atoms with E-state index in [2.05, 4.69) is 49.1 Å². The van der Waals surface area contributed by atoms with Gasteiger partial charge in [-0.25, -0.2) is 8.42 Å². The molecule has 0 radical (unpaired) electrons. The number of aryl methyl sites for hydroxylation is 1. The third-order valence-corrected chi connectivity index (χ3v) is 5.52. The number of aromatic nitrogens is 1. The maximum absolute atomic E-state index is 11.5. The van der Waals surface area contributed by atoms with E-state index in [0.29, 0.717) is 18.4 Å². The van der Waals surface area contributed by atoms with Crippen LogP contribution in [0.1, 0.15) is 52.1 Å². The van der Waals surface area contributed by atoms with Gasteiger partial charge >= 0.3 is 0 Å². The Bertz CT molecular complexity index is 506. The normalized spacial score (nSPS) is 13.8. The highest BCUT2D eigenvalue weighted by Crippen LogP contribution is 2.22. The lowest BCUT2D eigenvalue weighted by Crippen LogP contribution is -2.26. The lowest BCUT2D eigenvalue weighted by Gasteiger charge is -2.21. The Morgan fingerprint density at radius 3 is 2.57 bits per heavy atom. The van der Waals surface area contributed by atoms with Crippen molar-refractivity contribution in [2.75, 3.05) is 18.1 Å². The molecule has 0 spiro atoms. The Kier molecular flexibility index (Phi) is 7.46. The maximum Gasteiger partial charge on any atom is 0.150 e. The minimum Gasteiger partial charge on any atom is -0.354 e. The van der Waals surface area contributed by atoms with E-state index in [-0.39, 0.29) is 11.5 Å². The molecule has 1 aromatic heterocycles. The van der Waals surface area contributed by atoms with Gasteiger partial charge in [0.1, 0.15) is 9.84 Å². The zero-order valence-corrected chi connectivity index (χ0v) is 14.6. The van der Waals surface area contributed by atoms with Gasteiger partial charge in [0.2, 0.25) is 0 Å². The summed E-state index contributed by atoms with van der Waals surface area (Å²) < 4.78 is 25.1. The van der Waals surface area contributed by atoms with Crippen molar-refractivity contribution >= 4 is 9.84 Å². The van der Waals surface area contributed by atoms with Crippen molar-refractivity contribution in [3.8, 4) is 0 Å². The summed E-state index contributed by atoms with van der Waals surface area (Å²) in [6.45, 7) is 10.1. The van der Waals surface area contributed by atoms with E-state index in [1.54, 1.807) is 6.92 Å². The van der Waals surface area contributed by atoms with E-state index < -0.39 is 9.84 Å². The van der Waals surface area contributed by atoms with Crippen LogP contribution in [-0.4, -0.2) is 31.0 Å². The third-order valence-electron chi connectivity index (χ3n) is 3.72. The highest BCUT2D eigenvalue weighted by Gasteiger charge is 2.16. The molecule has 122 valence electrons. The first-order chi connectivity index (χ1) is 9.89. The van der Waals surface area contributed by atoms with E-state index in [4.69, 9.17) is 0 Å². The molecule has 0 saturated heterocycles. The average molecular weight is 314 g/mol. The summed E-state index contributed by atoms with van der Waals surface area (Å²) in [5.41, 5.74) is 1.29. The minimum absolute atomic E-state index is 0.236. The van der Waals surface area contributed by atoms with E-state index in [1.165, 1.54) is 5.56 Å². The van der Waals surface area contributed by atoms with Crippen LogP contribution in [0.25, 0.3) is 0 Å². The maximum atomic E-state index is 11.5. The number of hydrogen-bond donors (Lipinski definition) is 1. The summed E-state index contributed by atoms with van der Waals surface area (Å²) in [5, 5.41) is 3.58. The second kappa shape index (κ2) is 8.59. The molecule has 21 heavy (non-hydrogen) atoms. The molecule has 0 bridgehead atoms. The molecule has 1 atom stereocenters. The molecular formula is C16H30N2O2S. The fourth-order valence-corrected chi connectivity index (χ4v) is 3.29. The molecule has 0 saturated carbocycles. The van der Waals surface area contributed by atoms with Crippen molar-refractivity contribution in [1.82, 2.24) is 9.88 Å². The van der Waals surface area contributed by atoms with Crippen LogP contribution in [0.4, 0.5) is 0 Å². The van der Waals surface area contributed by atoms with Crippen LogP contribution >= 0.6 is 0 Å². The van der Waals surface area contributed by atoms with E-state index in [1.807, 2.05) is 0 Å². The molecule has 1 N–H and O–H groups in total. The van der Waals surface area contributed by atoms with Gasteiger partial charge in [0.25, 0.3) is 0 Å². The lowest BCUT2D eigenvalue weighted by atomic mass is 9.98. The Labute approximate surface area is 129 Å². The van der Waals surface area contributed by atoms with E-state index in [9.17, 15) is 8.42 Å². The number of sulfone groups is 1. The summed E-state index contributed by atoms with van der Waals surface area (Å²) >= 11 is 0. The summed E-state index contributed by atoms with van der Waals surface area (Å²) in [6.07, 6.45) is 6.00. The fourth-order valence-electron chi connectivity index (χ4n) is 2.43. The fraction of sp³-hybridized carbons (Fsp3) is 0.750. The topological polar surface area (TPSA) is 51.1 Å². The Morgan fingerprint density at radius 2 is 2.00 bits per heavy atom. The van der Waals surface area contributed by atoms with Crippen LogP contribution in [0.3, 0.4) is 0 Å². The van der Waals surface area contributed by atoms with Gasteiger partial charge in [-0.3, -0.25) is 0 Å². The molecule has 1 rings (SSSR count). The largest absolute Gasteiger partial charge is 0.354 e. The number of rotatable bonds is 10. The van der Waals surface area contributed by atoms with Crippen LogP contribution in [-0.2, 0) is 16.4 Å². The predicted octanol–water partition coefficient (Wildman–Crippen LogP) is 3.01. The molecule has 1 unspecified atom stereocenters. The number of hydrogen-bond acceptors (Lipinski definition) is 3. The van der Waals surface area contributed by atoms with Crippen LogP contribution in [0.5, 0.6) is 0 Å². The van der Waals surface area contributed by atoms with Crippen molar-refractivity contribution < 1.29 is 8.42 Å². The summed E-state index contributed by atoms with van der Waals surface area (Å²) in [6, 6.07) is 2.51. The van der Waals surface area contributed by atoms with Crippen LogP contribution in [0, 0.1) is 5.92 Å².